The number of sulfonamides is 1. The van der Waals surface area contributed by atoms with Crippen molar-refractivity contribution in [3.8, 4) is 0 Å². The molecule has 0 aromatic carbocycles. The Morgan fingerprint density at radius 1 is 1.53 bits per heavy atom. The lowest BCUT2D eigenvalue weighted by atomic mass is 10.5. The van der Waals surface area contributed by atoms with Crippen molar-refractivity contribution in [2.24, 2.45) is 0 Å². The quantitative estimate of drug-likeness (QED) is 0.758. The SMILES string of the molecule is CCN(CCO)S(=O)(=O)c1cccnc1NC. The standard InChI is InChI=1S/C10H17N3O3S/c1-3-13(7-8-14)17(15,16)9-5-4-6-12-10(9)11-2/h4-6,14H,3,7-8H2,1-2H3,(H,11,12). The Balaban J connectivity index is 3.20. The molecule has 96 valence electrons. The number of anilines is 1. The summed E-state index contributed by atoms with van der Waals surface area (Å²) in [7, 11) is -1.99. The highest BCUT2D eigenvalue weighted by molar-refractivity contribution is 7.89. The molecule has 0 saturated carbocycles. The summed E-state index contributed by atoms with van der Waals surface area (Å²) in [6, 6.07) is 3.06. The molecule has 0 aliphatic carbocycles. The molecule has 0 atom stereocenters. The van der Waals surface area contributed by atoms with E-state index in [1.807, 2.05) is 0 Å². The molecule has 0 amide bonds. The molecule has 1 aromatic rings. The molecule has 2 N–H and O–H groups in total. The summed E-state index contributed by atoms with van der Waals surface area (Å²) in [5, 5.41) is 11.6. The summed E-state index contributed by atoms with van der Waals surface area (Å²) >= 11 is 0. The summed E-state index contributed by atoms with van der Waals surface area (Å²) < 4.78 is 25.7. The van der Waals surface area contributed by atoms with E-state index in [-0.39, 0.29) is 18.0 Å². The molecule has 1 aromatic heterocycles. The molecule has 7 heteroatoms. The first-order valence-corrected chi connectivity index (χ1v) is 6.75. The van der Waals surface area contributed by atoms with Crippen LogP contribution < -0.4 is 5.32 Å². The molecule has 0 radical (unpaired) electrons. The molecule has 0 unspecified atom stereocenters. The van der Waals surface area contributed by atoms with Gasteiger partial charge in [-0.2, -0.15) is 4.31 Å². The van der Waals surface area contributed by atoms with Crippen molar-refractivity contribution >= 4 is 15.8 Å². The van der Waals surface area contributed by atoms with Crippen molar-refractivity contribution in [2.45, 2.75) is 11.8 Å². The Labute approximate surface area is 101 Å². The molecule has 17 heavy (non-hydrogen) atoms. The van der Waals surface area contributed by atoms with Gasteiger partial charge in [0.15, 0.2) is 0 Å². The van der Waals surface area contributed by atoms with E-state index >= 15 is 0 Å². The Bertz CT molecular complexity index is 462. The second kappa shape index (κ2) is 5.95. The number of likely N-dealkylation sites (N-methyl/N-ethyl adjacent to an activating group) is 1. The first-order chi connectivity index (χ1) is 8.07. The van der Waals surface area contributed by atoms with Crippen molar-refractivity contribution in [3.63, 3.8) is 0 Å². The molecule has 0 aliphatic heterocycles. The van der Waals surface area contributed by atoms with Crippen LogP contribution in [0.25, 0.3) is 0 Å². The number of aliphatic hydroxyl groups excluding tert-OH is 1. The van der Waals surface area contributed by atoms with Gasteiger partial charge in [-0.05, 0) is 12.1 Å². The Kier molecular flexibility index (Phi) is 4.86. The van der Waals surface area contributed by atoms with E-state index in [0.717, 1.165) is 0 Å². The number of pyridine rings is 1. The lowest BCUT2D eigenvalue weighted by Gasteiger charge is -2.20. The van der Waals surface area contributed by atoms with E-state index in [1.54, 1.807) is 20.0 Å². The maximum atomic E-state index is 12.3. The van der Waals surface area contributed by atoms with Crippen LogP contribution in [0, 0.1) is 0 Å². The van der Waals surface area contributed by atoms with Crippen molar-refractivity contribution in [3.05, 3.63) is 18.3 Å². The van der Waals surface area contributed by atoms with Crippen LogP contribution in [-0.4, -0.2) is 49.6 Å². The van der Waals surface area contributed by atoms with Gasteiger partial charge in [-0.3, -0.25) is 0 Å². The van der Waals surface area contributed by atoms with E-state index in [4.69, 9.17) is 5.11 Å². The molecule has 0 aliphatic rings. The smallest absolute Gasteiger partial charge is 0.246 e. The molecule has 1 rings (SSSR count). The fourth-order valence-electron chi connectivity index (χ4n) is 1.49. The van der Waals surface area contributed by atoms with Gasteiger partial charge in [0.05, 0.1) is 6.61 Å². The first-order valence-electron chi connectivity index (χ1n) is 5.31. The topological polar surface area (TPSA) is 82.5 Å². The molecule has 0 spiro atoms. The van der Waals surface area contributed by atoms with Gasteiger partial charge < -0.3 is 10.4 Å². The average Bonchev–Trinajstić information content (AvgIpc) is 2.35. The van der Waals surface area contributed by atoms with Crippen LogP contribution in [0.1, 0.15) is 6.92 Å². The van der Waals surface area contributed by atoms with Gasteiger partial charge in [-0.1, -0.05) is 6.92 Å². The van der Waals surface area contributed by atoms with E-state index in [2.05, 4.69) is 10.3 Å². The van der Waals surface area contributed by atoms with E-state index in [1.165, 1.54) is 16.6 Å². The first kappa shape index (κ1) is 13.9. The molecule has 0 fully saturated rings. The summed E-state index contributed by atoms with van der Waals surface area (Å²) in [4.78, 5) is 4.08. The minimum Gasteiger partial charge on any atom is -0.395 e. The molecule has 0 bridgehead atoms. The maximum Gasteiger partial charge on any atom is 0.246 e. The monoisotopic (exact) mass is 259 g/mol. The summed E-state index contributed by atoms with van der Waals surface area (Å²) in [6.45, 7) is 1.91. The fourth-order valence-corrected chi connectivity index (χ4v) is 3.08. The van der Waals surface area contributed by atoms with Gasteiger partial charge in [0, 0.05) is 26.3 Å². The molecular formula is C10H17N3O3S. The summed E-state index contributed by atoms with van der Waals surface area (Å²) in [5.74, 6) is 0.309. The van der Waals surface area contributed by atoms with Crippen LogP contribution in [-0.2, 0) is 10.0 Å². The third kappa shape index (κ3) is 2.93. The number of nitrogens with one attached hydrogen (secondary N) is 1. The van der Waals surface area contributed by atoms with Gasteiger partial charge in [0.1, 0.15) is 10.7 Å². The van der Waals surface area contributed by atoms with Gasteiger partial charge >= 0.3 is 0 Å². The van der Waals surface area contributed by atoms with Crippen molar-refractivity contribution < 1.29 is 13.5 Å². The normalized spacial score (nSPS) is 11.8. The van der Waals surface area contributed by atoms with E-state index in [0.29, 0.717) is 12.4 Å². The minimum atomic E-state index is -3.61. The van der Waals surface area contributed by atoms with Crippen molar-refractivity contribution in [1.82, 2.24) is 9.29 Å². The zero-order chi connectivity index (χ0) is 12.9. The molecule has 1 heterocycles. The zero-order valence-electron chi connectivity index (χ0n) is 9.92. The second-order valence-electron chi connectivity index (χ2n) is 3.32. The fraction of sp³-hybridized carbons (Fsp3) is 0.500. The van der Waals surface area contributed by atoms with E-state index in [9.17, 15) is 8.42 Å². The lowest BCUT2D eigenvalue weighted by Crippen LogP contribution is -2.33. The van der Waals surface area contributed by atoms with Crippen LogP contribution in [0.3, 0.4) is 0 Å². The van der Waals surface area contributed by atoms with Crippen LogP contribution in [0.2, 0.25) is 0 Å². The second-order valence-corrected chi connectivity index (χ2v) is 5.23. The molecule has 6 nitrogen and oxygen atoms in total. The predicted molar refractivity (Wildman–Crippen MR) is 65.3 cm³/mol. The van der Waals surface area contributed by atoms with Gasteiger partial charge in [-0.15, -0.1) is 0 Å². The van der Waals surface area contributed by atoms with Gasteiger partial charge in [-0.25, -0.2) is 13.4 Å². The lowest BCUT2D eigenvalue weighted by molar-refractivity contribution is 0.257. The molecule has 0 saturated heterocycles. The van der Waals surface area contributed by atoms with Crippen LogP contribution in [0.4, 0.5) is 5.82 Å². The van der Waals surface area contributed by atoms with Crippen molar-refractivity contribution in [2.75, 3.05) is 32.1 Å². The summed E-state index contributed by atoms with van der Waals surface area (Å²) in [6.07, 6.45) is 1.52. The minimum absolute atomic E-state index is 0.0802. The third-order valence-corrected chi connectivity index (χ3v) is 4.33. The van der Waals surface area contributed by atoms with Crippen LogP contribution in [0.15, 0.2) is 23.2 Å². The van der Waals surface area contributed by atoms with Crippen LogP contribution >= 0.6 is 0 Å². The average molecular weight is 259 g/mol. The summed E-state index contributed by atoms with van der Waals surface area (Å²) in [5.41, 5.74) is 0. The number of hydrogen-bond donors (Lipinski definition) is 2. The van der Waals surface area contributed by atoms with Crippen LogP contribution in [0.5, 0.6) is 0 Å². The molecular weight excluding hydrogens is 242 g/mol. The number of hydrogen-bond acceptors (Lipinski definition) is 5. The number of aromatic nitrogens is 1. The Morgan fingerprint density at radius 2 is 2.24 bits per heavy atom. The van der Waals surface area contributed by atoms with Gasteiger partial charge in [0.25, 0.3) is 0 Å². The number of rotatable bonds is 6. The van der Waals surface area contributed by atoms with Gasteiger partial charge in [0.2, 0.25) is 10.0 Å². The highest BCUT2D eigenvalue weighted by Gasteiger charge is 2.25. The number of aliphatic hydroxyl groups is 1. The third-order valence-electron chi connectivity index (χ3n) is 2.33. The zero-order valence-corrected chi connectivity index (χ0v) is 10.7. The highest BCUT2D eigenvalue weighted by Crippen LogP contribution is 2.21. The maximum absolute atomic E-state index is 12.3. The number of nitrogens with zero attached hydrogens (tertiary/aromatic N) is 2. The van der Waals surface area contributed by atoms with Crippen molar-refractivity contribution in [1.29, 1.82) is 0 Å². The Hall–Kier alpha value is -1.18. The van der Waals surface area contributed by atoms with E-state index < -0.39 is 10.0 Å². The predicted octanol–water partition coefficient (Wildman–Crippen LogP) is 0.126. The highest BCUT2D eigenvalue weighted by atomic mass is 32.2. The Morgan fingerprint density at radius 3 is 2.76 bits per heavy atom. The largest absolute Gasteiger partial charge is 0.395 e.